The van der Waals surface area contributed by atoms with Gasteiger partial charge in [0.25, 0.3) is 5.56 Å². The molecular weight excluding hydrogens is 280 g/mol. The molecule has 0 unspecified atom stereocenters. The Labute approximate surface area is 126 Å². The first-order valence-electron chi connectivity index (χ1n) is 7.11. The molecule has 3 rings (SSSR count). The number of aromatic amines is 1. The number of H-pyrrole nitrogens is 1. The molecule has 0 aliphatic heterocycles. The molecule has 0 saturated carbocycles. The van der Waals surface area contributed by atoms with Gasteiger partial charge in [0.05, 0.1) is 12.1 Å². The Bertz CT molecular complexity index is 975. The van der Waals surface area contributed by atoms with Crippen LogP contribution in [0.3, 0.4) is 0 Å². The van der Waals surface area contributed by atoms with Crippen molar-refractivity contribution in [3.05, 3.63) is 55.9 Å². The summed E-state index contributed by atoms with van der Waals surface area (Å²) in [7, 11) is 0. The largest absolute Gasteiger partial charge is 0.460 e. The first-order chi connectivity index (χ1) is 10.5. The molecule has 2 heterocycles. The highest BCUT2D eigenvalue weighted by molar-refractivity contribution is 6.04. The molecule has 3 aromatic rings. The van der Waals surface area contributed by atoms with Gasteiger partial charge in [-0.1, -0.05) is 19.0 Å². The predicted molar refractivity (Wildman–Crippen MR) is 86.0 cm³/mol. The molecule has 0 saturated heterocycles. The molecule has 0 aliphatic carbocycles. The quantitative estimate of drug-likeness (QED) is 0.437. The van der Waals surface area contributed by atoms with Gasteiger partial charge < -0.3 is 9.40 Å². The molecule has 0 atom stereocenters. The van der Waals surface area contributed by atoms with E-state index in [2.05, 4.69) is 15.0 Å². The van der Waals surface area contributed by atoms with E-state index in [0.29, 0.717) is 11.3 Å². The molecule has 1 N–H and O–H groups in total. The zero-order valence-electron chi connectivity index (χ0n) is 12.7. The van der Waals surface area contributed by atoms with Crippen LogP contribution in [0.15, 0.2) is 32.5 Å². The number of benzene rings is 1. The Morgan fingerprint density at radius 1 is 1.36 bits per heavy atom. The maximum Gasteiger partial charge on any atom is 0.251 e. The molecule has 0 aliphatic rings. The Hall–Kier alpha value is -2.72. The van der Waals surface area contributed by atoms with Crippen molar-refractivity contribution in [3.8, 4) is 0 Å². The molecule has 6 nitrogen and oxygen atoms in total. The van der Waals surface area contributed by atoms with Gasteiger partial charge in [-0.05, 0) is 42.1 Å². The van der Waals surface area contributed by atoms with E-state index in [4.69, 9.17) is 9.95 Å². The number of azide groups is 1. The smallest absolute Gasteiger partial charge is 0.251 e. The van der Waals surface area contributed by atoms with Crippen LogP contribution in [-0.4, -0.2) is 4.98 Å². The van der Waals surface area contributed by atoms with E-state index in [-0.39, 0.29) is 18.0 Å². The Kier molecular flexibility index (Phi) is 3.39. The molecule has 0 amide bonds. The zero-order chi connectivity index (χ0) is 15.9. The molecule has 0 fully saturated rings. The van der Waals surface area contributed by atoms with Crippen molar-refractivity contribution in [1.82, 2.24) is 4.98 Å². The van der Waals surface area contributed by atoms with Gasteiger partial charge in [-0.3, -0.25) is 4.79 Å². The number of hydrogen-bond acceptors (Lipinski definition) is 3. The number of aromatic nitrogens is 1. The fraction of sp³-hybridized carbons (Fsp3) is 0.312. The van der Waals surface area contributed by atoms with Crippen LogP contribution in [-0.2, 0) is 6.54 Å². The van der Waals surface area contributed by atoms with E-state index in [0.717, 1.165) is 27.4 Å². The van der Waals surface area contributed by atoms with Crippen LogP contribution in [0.4, 0.5) is 0 Å². The van der Waals surface area contributed by atoms with Crippen LogP contribution in [0, 0.1) is 6.92 Å². The fourth-order valence-electron chi connectivity index (χ4n) is 2.73. The fourth-order valence-corrected chi connectivity index (χ4v) is 2.73. The van der Waals surface area contributed by atoms with Gasteiger partial charge in [0.15, 0.2) is 0 Å². The number of aryl methyl sites for hydroxylation is 1. The van der Waals surface area contributed by atoms with Crippen molar-refractivity contribution in [2.75, 3.05) is 0 Å². The standard InChI is InChI=1S/C16H16N4O2/c1-8(2)12-6-13-14(19-16(12)21)9(3)4-10-5-11(7-18-20-17)22-15(10)13/h4-6,8H,7H2,1-3H3,(H,19,21). The summed E-state index contributed by atoms with van der Waals surface area (Å²) in [6.07, 6.45) is 0. The van der Waals surface area contributed by atoms with E-state index in [1.165, 1.54) is 0 Å². The molecule has 22 heavy (non-hydrogen) atoms. The number of furan rings is 1. The van der Waals surface area contributed by atoms with Gasteiger partial charge >= 0.3 is 0 Å². The summed E-state index contributed by atoms with van der Waals surface area (Å²) in [5.74, 6) is 0.735. The monoisotopic (exact) mass is 296 g/mol. The second-order valence-corrected chi connectivity index (χ2v) is 5.71. The first-order valence-corrected chi connectivity index (χ1v) is 7.11. The van der Waals surface area contributed by atoms with Gasteiger partial charge in [-0.25, -0.2) is 0 Å². The Balaban J connectivity index is 2.37. The summed E-state index contributed by atoms with van der Waals surface area (Å²) >= 11 is 0. The van der Waals surface area contributed by atoms with Gasteiger partial charge in [0.2, 0.25) is 0 Å². The average molecular weight is 296 g/mol. The molecular formula is C16H16N4O2. The topological polar surface area (TPSA) is 94.8 Å². The maximum atomic E-state index is 12.2. The molecule has 1 aromatic carbocycles. The van der Waals surface area contributed by atoms with E-state index < -0.39 is 0 Å². The Morgan fingerprint density at radius 2 is 2.14 bits per heavy atom. The number of rotatable bonds is 3. The number of fused-ring (bicyclic) bond motifs is 3. The summed E-state index contributed by atoms with van der Waals surface area (Å²) < 4.78 is 5.83. The molecule has 0 bridgehead atoms. The highest BCUT2D eigenvalue weighted by atomic mass is 16.3. The number of nitrogens with one attached hydrogen (secondary N) is 1. The molecule has 0 radical (unpaired) electrons. The van der Waals surface area contributed by atoms with Crippen molar-refractivity contribution < 1.29 is 4.42 Å². The van der Waals surface area contributed by atoms with Crippen molar-refractivity contribution in [2.45, 2.75) is 33.2 Å². The maximum absolute atomic E-state index is 12.2. The van der Waals surface area contributed by atoms with E-state index in [1.807, 2.05) is 39.0 Å². The van der Waals surface area contributed by atoms with Crippen LogP contribution in [0.25, 0.3) is 32.3 Å². The van der Waals surface area contributed by atoms with E-state index >= 15 is 0 Å². The van der Waals surface area contributed by atoms with Crippen LogP contribution in [0.1, 0.15) is 36.7 Å². The van der Waals surface area contributed by atoms with Crippen molar-refractivity contribution in [2.24, 2.45) is 5.11 Å². The average Bonchev–Trinajstić information content (AvgIpc) is 2.87. The third-order valence-electron chi connectivity index (χ3n) is 3.80. The second-order valence-electron chi connectivity index (χ2n) is 5.71. The minimum atomic E-state index is -0.0641. The normalized spacial score (nSPS) is 11.3. The third-order valence-corrected chi connectivity index (χ3v) is 3.80. The summed E-state index contributed by atoms with van der Waals surface area (Å²) in [4.78, 5) is 17.9. The lowest BCUT2D eigenvalue weighted by atomic mass is 10.0. The van der Waals surface area contributed by atoms with E-state index in [1.54, 1.807) is 0 Å². The summed E-state index contributed by atoms with van der Waals surface area (Å²) in [5, 5.41) is 5.35. The van der Waals surface area contributed by atoms with E-state index in [9.17, 15) is 4.79 Å². The minimum absolute atomic E-state index is 0.0641. The SMILES string of the molecule is Cc1cc2cc(CN=[N+]=[N-])oc2c2cc(C(C)C)c(=O)[nH]c12. The van der Waals surface area contributed by atoms with Gasteiger partial charge in [0, 0.05) is 21.2 Å². The third kappa shape index (κ3) is 2.23. The summed E-state index contributed by atoms with van der Waals surface area (Å²) in [6, 6.07) is 5.73. The van der Waals surface area contributed by atoms with Crippen LogP contribution in [0.2, 0.25) is 0 Å². The zero-order valence-corrected chi connectivity index (χ0v) is 12.7. The number of hydrogen-bond donors (Lipinski definition) is 1. The van der Waals surface area contributed by atoms with Crippen LogP contribution in [0.5, 0.6) is 0 Å². The van der Waals surface area contributed by atoms with Gasteiger partial charge in [0.1, 0.15) is 11.3 Å². The highest BCUT2D eigenvalue weighted by Crippen LogP contribution is 2.30. The minimum Gasteiger partial charge on any atom is -0.460 e. The first kappa shape index (κ1) is 14.2. The van der Waals surface area contributed by atoms with Gasteiger partial charge in [-0.2, -0.15) is 0 Å². The Morgan fingerprint density at radius 3 is 2.82 bits per heavy atom. The van der Waals surface area contributed by atoms with Gasteiger partial charge in [-0.15, -0.1) is 0 Å². The molecule has 112 valence electrons. The lowest BCUT2D eigenvalue weighted by molar-refractivity contribution is 0.554. The number of pyridine rings is 1. The van der Waals surface area contributed by atoms with Crippen molar-refractivity contribution in [1.29, 1.82) is 0 Å². The van der Waals surface area contributed by atoms with Crippen molar-refractivity contribution >= 4 is 21.9 Å². The highest BCUT2D eigenvalue weighted by Gasteiger charge is 2.14. The lowest BCUT2D eigenvalue weighted by Crippen LogP contribution is -2.13. The lowest BCUT2D eigenvalue weighted by Gasteiger charge is -2.08. The predicted octanol–water partition coefficient (Wildman–Crippen LogP) is 4.52. The molecule has 2 aromatic heterocycles. The second kappa shape index (κ2) is 5.24. The summed E-state index contributed by atoms with van der Waals surface area (Å²) in [5.41, 5.74) is 11.6. The number of nitrogens with zero attached hydrogens (tertiary/aromatic N) is 3. The van der Waals surface area contributed by atoms with Crippen LogP contribution >= 0.6 is 0 Å². The molecule has 6 heteroatoms. The molecule has 0 spiro atoms. The van der Waals surface area contributed by atoms with Crippen molar-refractivity contribution in [3.63, 3.8) is 0 Å². The van der Waals surface area contributed by atoms with Crippen LogP contribution < -0.4 is 5.56 Å². The summed E-state index contributed by atoms with van der Waals surface area (Å²) in [6.45, 7) is 6.09.